The second kappa shape index (κ2) is 11.8. The lowest BCUT2D eigenvalue weighted by atomic mass is 10.2. The molecule has 0 radical (unpaired) electrons. The van der Waals surface area contributed by atoms with Gasteiger partial charge in [-0.1, -0.05) is 31.5 Å². The fourth-order valence-electron chi connectivity index (χ4n) is 2.23. The van der Waals surface area contributed by atoms with Crippen LogP contribution in [0.4, 0.5) is 11.4 Å². The Labute approximate surface area is 169 Å². The number of anilines is 2. The van der Waals surface area contributed by atoms with Gasteiger partial charge in [-0.2, -0.15) is 0 Å². The molecule has 2 N–H and O–H groups in total. The number of para-hydroxylation sites is 1. The molecule has 0 aromatic heterocycles. The second-order valence-corrected chi connectivity index (χ2v) is 7.01. The van der Waals surface area contributed by atoms with Crippen molar-refractivity contribution < 1.29 is 19.1 Å². The number of thioether (sulfide) groups is 1. The molecule has 2 rings (SSSR count). The van der Waals surface area contributed by atoms with E-state index < -0.39 is 0 Å². The van der Waals surface area contributed by atoms with Gasteiger partial charge in [-0.3, -0.25) is 9.59 Å². The molecule has 0 saturated heterocycles. The summed E-state index contributed by atoms with van der Waals surface area (Å²) in [6.45, 7) is 2.43. The molecule has 0 unspecified atom stereocenters. The van der Waals surface area contributed by atoms with E-state index in [2.05, 4.69) is 10.6 Å². The third-order valence-electron chi connectivity index (χ3n) is 3.66. The molecular formula is C21H24N2O4S. The first-order valence-electron chi connectivity index (χ1n) is 9.08. The summed E-state index contributed by atoms with van der Waals surface area (Å²) in [5.41, 5.74) is 1.76. The average molecular weight is 401 g/mol. The van der Waals surface area contributed by atoms with Gasteiger partial charge in [-0.25, -0.2) is 4.79 Å². The topological polar surface area (TPSA) is 84.5 Å². The van der Waals surface area contributed by atoms with Crippen LogP contribution in [0.25, 0.3) is 0 Å². The summed E-state index contributed by atoms with van der Waals surface area (Å²) in [7, 11) is 0. The lowest BCUT2D eigenvalue weighted by Crippen LogP contribution is -2.18. The zero-order valence-electron chi connectivity index (χ0n) is 15.8. The zero-order valence-corrected chi connectivity index (χ0v) is 16.6. The molecule has 0 fully saturated rings. The van der Waals surface area contributed by atoms with Gasteiger partial charge in [0.05, 0.1) is 23.7 Å². The maximum Gasteiger partial charge on any atom is 0.338 e. The number of unbranched alkanes of at least 4 members (excludes halogenated alkanes) is 1. The summed E-state index contributed by atoms with van der Waals surface area (Å²) in [6, 6.07) is 15.7. The largest absolute Gasteiger partial charge is 0.462 e. The molecule has 0 aliphatic heterocycles. The van der Waals surface area contributed by atoms with Gasteiger partial charge < -0.3 is 15.4 Å². The summed E-state index contributed by atoms with van der Waals surface area (Å²) in [4.78, 5) is 35.7. The fourth-order valence-corrected chi connectivity index (χ4v) is 2.85. The normalized spacial score (nSPS) is 10.2. The Morgan fingerprint density at radius 1 is 0.857 bits per heavy atom. The smallest absolute Gasteiger partial charge is 0.338 e. The van der Waals surface area contributed by atoms with Gasteiger partial charge in [0.2, 0.25) is 11.8 Å². The molecule has 6 nitrogen and oxygen atoms in total. The number of benzene rings is 2. The lowest BCUT2D eigenvalue weighted by molar-refractivity contribution is -0.114. The highest BCUT2D eigenvalue weighted by molar-refractivity contribution is 8.00. The summed E-state index contributed by atoms with van der Waals surface area (Å²) in [5, 5.41) is 5.51. The molecular weight excluding hydrogens is 376 g/mol. The summed E-state index contributed by atoms with van der Waals surface area (Å²) in [5.74, 6) is -0.398. The predicted octanol–water partition coefficient (Wildman–Crippen LogP) is 3.95. The molecule has 0 spiro atoms. The molecule has 148 valence electrons. The minimum Gasteiger partial charge on any atom is -0.462 e. The summed E-state index contributed by atoms with van der Waals surface area (Å²) < 4.78 is 5.14. The van der Waals surface area contributed by atoms with Crippen molar-refractivity contribution in [2.24, 2.45) is 0 Å². The van der Waals surface area contributed by atoms with E-state index in [0.29, 0.717) is 17.9 Å². The Kier molecular flexibility index (Phi) is 9.07. The van der Waals surface area contributed by atoms with Crippen LogP contribution in [0.3, 0.4) is 0 Å². The number of amides is 2. The molecule has 0 aliphatic carbocycles. The van der Waals surface area contributed by atoms with Crippen LogP contribution in [-0.2, 0) is 14.3 Å². The molecule has 2 aromatic rings. The Hall–Kier alpha value is -2.80. The van der Waals surface area contributed by atoms with Gasteiger partial charge >= 0.3 is 5.97 Å². The van der Waals surface area contributed by atoms with Gasteiger partial charge in [-0.15, -0.1) is 11.8 Å². The van der Waals surface area contributed by atoms with E-state index in [1.54, 1.807) is 36.4 Å². The third-order valence-corrected chi connectivity index (χ3v) is 4.59. The van der Waals surface area contributed by atoms with Gasteiger partial charge in [0, 0.05) is 11.4 Å². The van der Waals surface area contributed by atoms with Gasteiger partial charge in [0.15, 0.2) is 0 Å². The van der Waals surface area contributed by atoms with Crippen molar-refractivity contribution in [1.29, 1.82) is 0 Å². The Bertz CT molecular complexity index is 779. The molecule has 7 heteroatoms. The van der Waals surface area contributed by atoms with Gasteiger partial charge in [0.25, 0.3) is 0 Å². The number of rotatable bonds is 10. The van der Waals surface area contributed by atoms with Gasteiger partial charge in [-0.05, 0) is 42.8 Å². The SMILES string of the molecule is CCCCOC(=O)c1ccc(NC(=O)CSCC(=O)Nc2ccccc2)cc1. The number of hydrogen-bond acceptors (Lipinski definition) is 5. The average Bonchev–Trinajstić information content (AvgIpc) is 2.69. The highest BCUT2D eigenvalue weighted by Gasteiger charge is 2.09. The minimum absolute atomic E-state index is 0.156. The quantitative estimate of drug-likeness (QED) is 0.466. The molecule has 2 amide bonds. The maximum atomic E-state index is 12.0. The molecule has 0 heterocycles. The van der Waals surface area contributed by atoms with Crippen LogP contribution in [0.15, 0.2) is 54.6 Å². The van der Waals surface area contributed by atoms with E-state index in [4.69, 9.17) is 4.74 Å². The first-order valence-corrected chi connectivity index (χ1v) is 10.2. The van der Waals surface area contributed by atoms with E-state index in [1.807, 2.05) is 25.1 Å². The van der Waals surface area contributed by atoms with E-state index in [1.165, 1.54) is 11.8 Å². The maximum absolute atomic E-state index is 12.0. The van der Waals surface area contributed by atoms with Crippen molar-refractivity contribution in [3.05, 3.63) is 60.2 Å². The van der Waals surface area contributed by atoms with E-state index in [0.717, 1.165) is 18.5 Å². The molecule has 2 aromatic carbocycles. The number of carbonyl (C=O) groups excluding carboxylic acids is 3. The standard InChI is InChI=1S/C21H24N2O4S/c1-2-3-13-27-21(26)16-9-11-18(12-10-16)23-20(25)15-28-14-19(24)22-17-7-5-4-6-8-17/h4-12H,2-3,13-15H2,1H3,(H,22,24)(H,23,25). The van der Waals surface area contributed by atoms with Crippen molar-refractivity contribution in [2.45, 2.75) is 19.8 Å². The van der Waals surface area contributed by atoms with Crippen LogP contribution in [-0.4, -0.2) is 35.9 Å². The molecule has 28 heavy (non-hydrogen) atoms. The fraction of sp³-hybridized carbons (Fsp3) is 0.286. The minimum atomic E-state index is -0.369. The van der Waals surface area contributed by atoms with E-state index in [9.17, 15) is 14.4 Å². The second-order valence-electron chi connectivity index (χ2n) is 6.02. The molecule has 0 saturated carbocycles. The van der Waals surface area contributed by atoms with Crippen molar-refractivity contribution in [2.75, 3.05) is 28.7 Å². The number of ether oxygens (including phenoxy) is 1. The number of hydrogen-bond donors (Lipinski definition) is 2. The van der Waals surface area contributed by atoms with E-state index >= 15 is 0 Å². The highest BCUT2D eigenvalue weighted by atomic mass is 32.2. The zero-order chi connectivity index (χ0) is 20.2. The lowest BCUT2D eigenvalue weighted by Gasteiger charge is -2.07. The van der Waals surface area contributed by atoms with Crippen molar-refractivity contribution in [1.82, 2.24) is 0 Å². The third kappa shape index (κ3) is 7.84. The Balaban J connectivity index is 1.69. The Morgan fingerprint density at radius 3 is 2.00 bits per heavy atom. The van der Waals surface area contributed by atoms with Crippen molar-refractivity contribution in [3.8, 4) is 0 Å². The molecule has 0 aliphatic rings. The summed E-state index contributed by atoms with van der Waals surface area (Å²) >= 11 is 1.23. The first kappa shape index (κ1) is 21.5. The molecule has 0 atom stereocenters. The number of carbonyl (C=O) groups is 3. The van der Waals surface area contributed by atoms with Crippen LogP contribution >= 0.6 is 11.8 Å². The summed E-state index contributed by atoms with van der Waals surface area (Å²) in [6.07, 6.45) is 1.80. The number of nitrogens with one attached hydrogen (secondary N) is 2. The monoisotopic (exact) mass is 400 g/mol. The van der Waals surface area contributed by atoms with Crippen molar-refractivity contribution >= 4 is 40.9 Å². The van der Waals surface area contributed by atoms with Crippen LogP contribution in [0, 0.1) is 0 Å². The van der Waals surface area contributed by atoms with E-state index in [-0.39, 0.29) is 29.3 Å². The van der Waals surface area contributed by atoms with Crippen LogP contribution in [0.2, 0.25) is 0 Å². The highest BCUT2D eigenvalue weighted by Crippen LogP contribution is 2.12. The number of esters is 1. The van der Waals surface area contributed by atoms with Crippen LogP contribution in [0.5, 0.6) is 0 Å². The predicted molar refractivity (Wildman–Crippen MR) is 113 cm³/mol. The first-order chi connectivity index (χ1) is 13.6. The van der Waals surface area contributed by atoms with Crippen LogP contribution < -0.4 is 10.6 Å². The van der Waals surface area contributed by atoms with Crippen LogP contribution in [0.1, 0.15) is 30.1 Å². The van der Waals surface area contributed by atoms with Crippen molar-refractivity contribution in [3.63, 3.8) is 0 Å². The molecule has 0 bridgehead atoms. The Morgan fingerprint density at radius 2 is 1.43 bits per heavy atom. The van der Waals surface area contributed by atoms with Gasteiger partial charge in [0.1, 0.15) is 0 Å².